The maximum atomic E-state index is 13.9. The zero-order valence-corrected chi connectivity index (χ0v) is 20.4. The summed E-state index contributed by atoms with van der Waals surface area (Å²) in [5.41, 5.74) is -0.219. The first kappa shape index (κ1) is 25.5. The first-order chi connectivity index (χ1) is 16.6. The van der Waals surface area contributed by atoms with Gasteiger partial charge in [0.1, 0.15) is 11.5 Å². The molecule has 1 unspecified atom stereocenters. The number of ether oxygens (including phenoxy) is 1. The van der Waals surface area contributed by atoms with Gasteiger partial charge in [0.25, 0.3) is 0 Å². The second kappa shape index (κ2) is 10.2. The molecule has 1 amide bonds. The Kier molecular flexibility index (Phi) is 7.43. The number of carbonyl (C=O) groups is 2. The van der Waals surface area contributed by atoms with Crippen molar-refractivity contribution < 1.29 is 27.5 Å². The van der Waals surface area contributed by atoms with Crippen molar-refractivity contribution in [2.24, 2.45) is 5.92 Å². The molecular weight excluding hydrogens is 481 g/mol. The first-order valence-electron chi connectivity index (χ1n) is 11.9. The molecule has 2 aromatic carbocycles. The molecule has 9 heteroatoms. The number of fused-ring (bicyclic) bond motifs is 2. The van der Waals surface area contributed by atoms with Crippen LogP contribution in [0.25, 0.3) is 0 Å². The normalized spacial score (nSPS) is 17.8. The summed E-state index contributed by atoms with van der Waals surface area (Å²) in [6.07, 6.45) is -1.69. The number of hydrogen-bond acceptors (Lipinski definition) is 4. The third kappa shape index (κ3) is 5.19. The average molecular weight is 509 g/mol. The molecule has 2 aliphatic rings. The van der Waals surface area contributed by atoms with E-state index in [0.29, 0.717) is 18.5 Å². The van der Waals surface area contributed by atoms with Gasteiger partial charge in [-0.1, -0.05) is 37.9 Å². The predicted octanol–water partition coefficient (Wildman–Crippen LogP) is 6.90. The Morgan fingerprint density at radius 3 is 2.46 bits per heavy atom. The van der Waals surface area contributed by atoms with Crippen molar-refractivity contribution in [3.05, 3.63) is 52.0 Å². The summed E-state index contributed by atoms with van der Waals surface area (Å²) in [6.45, 7) is 6.14. The van der Waals surface area contributed by atoms with Crippen LogP contribution in [0.3, 0.4) is 0 Å². The number of nitrogens with zero attached hydrogens (tertiary/aromatic N) is 1. The fraction of sp³-hybridized carbons (Fsp3) is 0.462. The second-order valence-electron chi connectivity index (χ2n) is 9.00. The highest BCUT2D eigenvalue weighted by atomic mass is 35.5. The van der Waals surface area contributed by atoms with E-state index in [4.69, 9.17) is 16.3 Å². The molecule has 1 N–H and O–H groups in total. The first-order valence-corrected chi connectivity index (χ1v) is 12.3. The third-order valence-electron chi connectivity index (χ3n) is 6.97. The third-order valence-corrected chi connectivity index (χ3v) is 7.28. The van der Waals surface area contributed by atoms with E-state index in [-0.39, 0.29) is 45.4 Å². The molecule has 1 saturated carbocycles. The maximum absolute atomic E-state index is 13.9. The van der Waals surface area contributed by atoms with Crippen LogP contribution in [-0.2, 0) is 11.0 Å². The van der Waals surface area contributed by atoms with Gasteiger partial charge in [-0.15, -0.1) is 0 Å². The number of anilines is 1. The van der Waals surface area contributed by atoms with Gasteiger partial charge >= 0.3 is 6.18 Å². The smallest absolute Gasteiger partial charge is 0.416 e. The van der Waals surface area contributed by atoms with Gasteiger partial charge in [-0.3, -0.25) is 9.59 Å². The van der Waals surface area contributed by atoms with Gasteiger partial charge in [0.15, 0.2) is 5.78 Å². The molecule has 0 aromatic heterocycles. The number of nitrogens with one attached hydrogen (secondary N) is 1. The van der Waals surface area contributed by atoms with Crippen LogP contribution in [0.4, 0.5) is 18.9 Å². The van der Waals surface area contributed by atoms with E-state index in [9.17, 15) is 22.8 Å². The summed E-state index contributed by atoms with van der Waals surface area (Å²) in [4.78, 5) is 28.8. The minimum absolute atomic E-state index is 0.0185. The lowest BCUT2D eigenvalue weighted by atomic mass is 9.84. The number of amides is 1. The number of carbonyl (C=O) groups excluding carboxylic acids is 2. The maximum Gasteiger partial charge on any atom is 0.416 e. The molecule has 35 heavy (non-hydrogen) atoms. The Bertz CT molecular complexity index is 1130. The molecule has 188 valence electrons. The molecule has 0 saturated heterocycles. The lowest BCUT2D eigenvalue weighted by Gasteiger charge is -2.25. The van der Waals surface area contributed by atoms with Crippen molar-refractivity contribution in [2.75, 3.05) is 25.0 Å². The zero-order chi connectivity index (χ0) is 25.3. The highest BCUT2D eigenvalue weighted by molar-refractivity contribution is 6.35. The van der Waals surface area contributed by atoms with Crippen LogP contribution in [0, 0.1) is 5.92 Å². The molecule has 4 rings (SSSR count). The van der Waals surface area contributed by atoms with Crippen LogP contribution in [0.5, 0.6) is 11.5 Å². The molecule has 0 bridgehead atoms. The van der Waals surface area contributed by atoms with Crippen molar-refractivity contribution in [2.45, 2.75) is 51.6 Å². The summed E-state index contributed by atoms with van der Waals surface area (Å²) < 4.78 is 46.3. The van der Waals surface area contributed by atoms with E-state index in [0.717, 1.165) is 44.5 Å². The predicted molar refractivity (Wildman–Crippen MR) is 128 cm³/mol. The molecule has 0 spiro atoms. The number of ketones is 1. The van der Waals surface area contributed by atoms with Crippen LogP contribution in [-0.4, -0.2) is 36.2 Å². The highest BCUT2D eigenvalue weighted by Crippen LogP contribution is 2.47. The van der Waals surface area contributed by atoms with Gasteiger partial charge in [0.2, 0.25) is 5.91 Å². The Labute approximate surface area is 207 Å². The van der Waals surface area contributed by atoms with Crippen molar-refractivity contribution in [3.63, 3.8) is 0 Å². The molecule has 5 nitrogen and oxygen atoms in total. The fourth-order valence-corrected chi connectivity index (χ4v) is 4.77. The summed E-state index contributed by atoms with van der Waals surface area (Å²) in [5, 5.41) is 2.99. The second-order valence-corrected chi connectivity index (χ2v) is 9.40. The molecule has 1 aliphatic carbocycles. The van der Waals surface area contributed by atoms with Crippen molar-refractivity contribution >= 4 is 29.0 Å². The molecule has 0 radical (unpaired) electrons. The quantitative estimate of drug-likeness (QED) is 0.442. The van der Waals surface area contributed by atoms with E-state index in [1.54, 1.807) is 0 Å². The minimum Gasteiger partial charge on any atom is -0.456 e. The Balaban J connectivity index is 1.80. The summed E-state index contributed by atoms with van der Waals surface area (Å²) >= 11 is 6.43. The number of Topliss-reactive ketones (excluding diaryl/α,β-unsaturated/α-hetero) is 1. The van der Waals surface area contributed by atoms with E-state index < -0.39 is 17.7 Å². The van der Waals surface area contributed by atoms with Crippen LogP contribution in [0.15, 0.2) is 30.3 Å². The summed E-state index contributed by atoms with van der Waals surface area (Å²) in [6, 6.07) is 6.17. The molecule has 2 aromatic rings. The topological polar surface area (TPSA) is 58.6 Å². The Hall–Kier alpha value is -2.58. The Morgan fingerprint density at radius 1 is 1.14 bits per heavy atom. The zero-order valence-electron chi connectivity index (χ0n) is 19.7. The van der Waals surface area contributed by atoms with Crippen LogP contribution in [0.1, 0.15) is 66.9 Å². The number of alkyl halides is 3. The molecular formula is C26H28ClF3N2O3. The van der Waals surface area contributed by atoms with Gasteiger partial charge in [-0.05, 0) is 63.2 Å². The summed E-state index contributed by atoms with van der Waals surface area (Å²) in [7, 11) is 0. The van der Waals surface area contributed by atoms with Crippen molar-refractivity contribution in [1.29, 1.82) is 0 Å². The monoisotopic (exact) mass is 508 g/mol. The van der Waals surface area contributed by atoms with Gasteiger partial charge in [0, 0.05) is 11.5 Å². The number of halogens is 4. The number of rotatable bonds is 7. The van der Waals surface area contributed by atoms with Crippen molar-refractivity contribution in [3.8, 4) is 11.5 Å². The molecule has 1 heterocycles. The van der Waals surface area contributed by atoms with E-state index in [2.05, 4.69) is 10.2 Å². The number of hydrogen-bond donors (Lipinski definition) is 1. The van der Waals surface area contributed by atoms with Gasteiger partial charge in [-0.25, -0.2) is 0 Å². The van der Waals surface area contributed by atoms with Crippen LogP contribution >= 0.6 is 11.6 Å². The van der Waals surface area contributed by atoms with E-state index >= 15 is 0 Å². The van der Waals surface area contributed by atoms with Crippen LogP contribution in [0.2, 0.25) is 5.02 Å². The van der Waals surface area contributed by atoms with Crippen LogP contribution < -0.4 is 10.1 Å². The number of benzene rings is 2. The summed E-state index contributed by atoms with van der Waals surface area (Å²) in [5.74, 6) is -1.40. The molecule has 1 fully saturated rings. The van der Waals surface area contributed by atoms with Gasteiger partial charge < -0.3 is 15.0 Å². The lowest BCUT2D eigenvalue weighted by molar-refractivity contribution is -0.137. The largest absolute Gasteiger partial charge is 0.456 e. The minimum atomic E-state index is -4.56. The SMILES string of the molecule is CCN(CC)CCC1C(=O)c2c(ccc(Cl)c2NC(=O)C2CCC2)Oc2cc(C(F)(F)F)ccc21. The lowest BCUT2D eigenvalue weighted by Crippen LogP contribution is -2.29. The van der Waals surface area contributed by atoms with E-state index in [1.807, 2.05) is 13.8 Å². The standard InChI is InChI=1S/C26H28ClF3N2O3/c1-3-32(4-2)13-12-18-17-9-8-16(26(28,29)30)14-21(17)35-20-11-10-19(27)23(22(20)24(18)33)31-25(34)15-6-5-7-15/h8-11,14-15,18H,3-7,12-13H2,1-2H3,(H,31,34). The molecule has 1 atom stereocenters. The van der Waals surface area contributed by atoms with E-state index in [1.165, 1.54) is 18.2 Å². The van der Waals surface area contributed by atoms with Gasteiger partial charge in [-0.2, -0.15) is 13.2 Å². The highest BCUT2D eigenvalue weighted by Gasteiger charge is 2.38. The van der Waals surface area contributed by atoms with Crippen molar-refractivity contribution in [1.82, 2.24) is 4.90 Å². The fourth-order valence-electron chi connectivity index (χ4n) is 4.56. The molecule has 1 aliphatic heterocycles. The van der Waals surface area contributed by atoms with Gasteiger partial charge in [0.05, 0.1) is 27.8 Å². The Morgan fingerprint density at radius 2 is 1.86 bits per heavy atom. The average Bonchev–Trinajstić information content (AvgIpc) is 2.88.